The van der Waals surface area contributed by atoms with Crippen molar-refractivity contribution < 1.29 is 4.92 Å². The van der Waals surface area contributed by atoms with E-state index >= 15 is 0 Å². The molecule has 5 nitrogen and oxygen atoms in total. The van der Waals surface area contributed by atoms with Gasteiger partial charge in [-0.3, -0.25) is 15.1 Å². The zero-order valence-corrected chi connectivity index (χ0v) is 13.1. The van der Waals surface area contributed by atoms with Crippen LogP contribution in [0.5, 0.6) is 0 Å². The van der Waals surface area contributed by atoms with Gasteiger partial charge in [-0.1, -0.05) is 35.4 Å². The van der Waals surface area contributed by atoms with E-state index in [4.69, 9.17) is 11.6 Å². The van der Waals surface area contributed by atoms with Gasteiger partial charge in [-0.15, -0.1) is 0 Å². The van der Waals surface area contributed by atoms with Crippen molar-refractivity contribution in [2.24, 2.45) is 5.10 Å². The molecule has 0 aromatic heterocycles. The minimum atomic E-state index is -0.503. The predicted molar refractivity (Wildman–Crippen MR) is 89.9 cm³/mol. The van der Waals surface area contributed by atoms with Crippen LogP contribution in [0.25, 0.3) is 0 Å². The maximum atomic E-state index is 10.9. The standard InChI is InChI=1S/C16H16ClN3O2/c1-3-19(14-7-4-12(2)5-8-14)18-11-13-6-9-15(17)16(10-13)20(21)22/h4-11H,3H2,1-2H3/b18-11-. The number of nitro benzene ring substituents is 1. The average Bonchev–Trinajstić information content (AvgIpc) is 2.50. The Kier molecular flexibility index (Phi) is 5.12. The molecule has 0 saturated carbocycles. The highest BCUT2D eigenvalue weighted by atomic mass is 35.5. The van der Waals surface area contributed by atoms with E-state index in [1.165, 1.54) is 17.7 Å². The number of nitrogens with zero attached hydrogens (tertiary/aromatic N) is 3. The third-order valence-corrected chi connectivity index (χ3v) is 3.46. The molecule has 0 spiro atoms. The second kappa shape index (κ2) is 7.04. The van der Waals surface area contributed by atoms with Crippen LogP contribution in [0, 0.1) is 17.0 Å². The van der Waals surface area contributed by atoms with Gasteiger partial charge in [0.1, 0.15) is 5.02 Å². The number of hydrogen-bond donors (Lipinski definition) is 0. The number of anilines is 1. The fraction of sp³-hybridized carbons (Fsp3) is 0.188. The molecular formula is C16H16ClN3O2. The van der Waals surface area contributed by atoms with E-state index in [2.05, 4.69) is 5.10 Å². The topological polar surface area (TPSA) is 58.7 Å². The molecule has 0 radical (unpaired) electrons. The van der Waals surface area contributed by atoms with Gasteiger partial charge in [-0.2, -0.15) is 5.10 Å². The van der Waals surface area contributed by atoms with Crippen molar-refractivity contribution in [1.29, 1.82) is 0 Å². The van der Waals surface area contributed by atoms with Crippen molar-refractivity contribution in [3.05, 3.63) is 68.7 Å². The van der Waals surface area contributed by atoms with Crippen LogP contribution in [0.15, 0.2) is 47.6 Å². The fourth-order valence-electron chi connectivity index (χ4n) is 1.93. The number of halogens is 1. The lowest BCUT2D eigenvalue weighted by Crippen LogP contribution is -2.15. The molecule has 2 aromatic carbocycles. The SMILES string of the molecule is CCN(/N=C\c1ccc(Cl)c([N+](=O)[O-])c1)c1ccc(C)cc1. The highest BCUT2D eigenvalue weighted by molar-refractivity contribution is 6.32. The van der Waals surface area contributed by atoms with E-state index in [9.17, 15) is 10.1 Å². The minimum absolute atomic E-state index is 0.119. The molecule has 0 aliphatic carbocycles. The molecule has 6 heteroatoms. The maximum absolute atomic E-state index is 10.9. The average molecular weight is 318 g/mol. The van der Waals surface area contributed by atoms with E-state index in [1.54, 1.807) is 12.3 Å². The summed E-state index contributed by atoms with van der Waals surface area (Å²) in [5, 5.41) is 17.2. The number of hydrogen-bond acceptors (Lipinski definition) is 4. The lowest BCUT2D eigenvalue weighted by molar-refractivity contribution is -0.384. The van der Waals surface area contributed by atoms with Gasteiger partial charge in [0, 0.05) is 18.2 Å². The van der Waals surface area contributed by atoms with Crippen molar-refractivity contribution in [2.75, 3.05) is 11.6 Å². The van der Waals surface area contributed by atoms with E-state index < -0.39 is 4.92 Å². The molecule has 2 rings (SSSR count). The summed E-state index contributed by atoms with van der Waals surface area (Å²) in [6.45, 7) is 4.70. The van der Waals surface area contributed by atoms with Crippen LogP contribution in [0.2, 0.25) is 5.02 Å². The number of aryl methyl sites for hydroxylation is 1. The van der Waals surface area contributed by atoms with Crippen LogP contribution < -0.4 is 5.01 Å². The molecule has 0 amide bonds. The maximum Gasteiger partial charge on any atom is 0.288 e. The first-order chi connectivity index (χ1) is 10.5. The zero-order chi connectivity index (χ0) is 16.1. The van der Waals surface area contributed by atoms with Crippen LogP contribution in [0.1, 0.15) is 18.1 Å². The van der Waals surface area contributed by atoms with Gasteiger partial charge in [0.05, 0.1) is 16.8 Å². The number of rotatable bonds is 5. The largest absolute Gasteiger partial charge is 0.288 e. The Hall–Kier alpha value is -2.40. The van der Waals surface area contributed by atoms with E-state index in [1.807, 2.05) is 43.1 Å². The van der Waals surface area contributed by atoms with Crippen LogP contribution >= 0.6 is 11.6 Å². The quantitative estimate of drug-likeness (QED) is 0.466. The molecule has 0 unspecified atom stereocenters. The minimum Gasteiger partial charge on any atom is -0.266 e. The first-order valence-electron chi connectivity index (χ1n) is 6.83. The van der Waals surface area contributed by atoms with Crippen LogP contribution in [-0.4, -0.2) is 17.7 Å². The first-order valence-corrected chi connectivity index (χ1v) is 7.21. The second-order valence-corrected chi connectivity index (χ2v) is 5.17. The summed E-state index contributed by atoms with van der Waals surface area (Å²) in [6, 6.07) is 12.6. The summed E-state index contributed by atoms with van der Waals surface area (Å²) in [4.78, 5) is 10.4. The summed E-state index contributed by atoms with van der Waals surface area (Å²) in [6.07, 6.45) is 1.59. The number of hydrazone groups is 1. The summed E-state index contributed by atoms with van der Waals surface area (Å²) < 4.78 is 0. The van der Waals surface area contributed by atoms with Gasteiger partial charge in [0.2, 0.25) is 0 Å². The highest BCUT2D eigenvalue weighted by Gasteiger charge is 2.12. The van der Waals surface area contributed by atoms with E-state index in [0.29, 0.717) is 12.1 Å². The Labute approximate surface area is 134 Å². The number of nitro groups is 1. The lowest BCUT2D eigenvalue weighted by atomic mass is 10.2. The molecule has 22 heavy (non-hydrogen) atoms. The molecular weight excluding hydrogens is 302 g/mol. The van der Waals surface area contributed by atoms with E-state index in [0.717, 1.165) is 5.69 Å². The first kappa shape index (κ1) is 16.0. The highest BCUT2D eigenvalue weighted by Crippen LogP contribution is 2.24. The van der Waals surface area contributed by atoms with Crippen LogP contribution in [-0.2, 0) is 0 Å². The van der Waals surface area contributed by atoms with Gasteiger partial charge in [-0.25, -0.2) is 0 Å². The third kappa shape index (κ3) is 3.83. The molecule has 0 aliphatic heterocycles. The zero-order valence-electron chi connectivity index (χ0n) is 12.4. The molecule has 114 valence electrons. The fourth-order valence-corrected chi connectivity index (χ4v) is 2.12. The Bertz CT molecular complexity index is 699. The summed E-state index contributed by atoms with van der Waals surface area (Å²) in [5.41, 5.74) is 2.65. The third-order valence-electron chi connectivity index (χ3n) is 3.14. The van der Waals surface area contributed by atoms with Crippen molar-refractivity contribution in [2.45, 2.75) is 13.8 Å². The van der Waals surface area contributed by atoms with Gasteiger partial charge in [-0.05, 0) is 32.0 Å². The van der Waals surface area contributed by atoms with Gasteiger partial charge in [0.15, 0.2) is 0 Å². The molecule has 0 saturated heterocycles. The normalized spacial score (nSPS) is 10.9. The van der Waals surface area contributed by atoms with Gasteiger partial charge >= 0.3 is 0 Å². The monoisotopic (exact) mass is 317 g/mol. The molecule has 0 aliphatic rings. The summed E-state index contributed by atoms with van der Waals surface area (Å²) in [5.74, 6) is 0. The van der Waals surface area contributed by atoms with Gasteiger partial charge in [0.25, 0.3) is 5.69 Å². The molecule has 2 aromatic rings. The van der Waals surface area contributed by atoms with Gasteiger partial charge < -0.3 is 0 Å². The Morgan fingerprint density at radius 3 is 2.55 bits per heavy atom. The predicted octanol–water partition coefficient (Wildman–Crippen LogP) is 4.42. The molecule has 0 atom stereocenters. The summed E-state index contributed by atoms with van der Waals surface area (Å²) >= 11 is 5.80. The molecule has 0 N–H and O–H groups in total. The smallest absolute Gasteiger partial charge is 0.266 e. The van der Waals surface area contributed by atoms with Crippen LogP contribution in [0.4, 0.5) is 11.4 Å². The molecule has 0 fully saturated rings. The number of benzene rings is 2. The van der Waals surface area contributed by atoms with Crippen LogP contribution in [0.3, 0.4) is 0 Å². The van der Waals surface area contributed by atoms with Crippen molar-refractivity contribution in [1.82, 2.24) is 0 Å². The Morgan fingerprint density at radius 2 is 1.95 bits per heavy atom. The Balaban J connectivity index is 2.24. The lowest BCUT2D eigenvalue weighted by Gasteiger charge is -2.16. The molecule has 0 heterocycles. The Morgan fingerprint density at radius 1 is 1.27 bits per heavy atom. The second-order valence-electron chi connectivity index (χ2n) is 4.76. The van der Waals surface area contributed by atoms with Crippen molar-refractivity contribution in [3.8, 4) is 0 Å². The van der Waals surface area contributed by atoms with E-state index in [-0.39, 0.29) is 10.7 Å². The van der Waals surface area contributed by atoms with Crippen molar-refractivity contribution in [3.63, 3.8) is 0 Å². The summed E-state index contributed by atoms with van der Waals surface area (Å²) in [7, 11) is 0. The van der Waals surface area contributed by atoms with Crippen molar-refractivity contribution >= 4 is 29.2 Å². The molecule has 0 bridgehead atoms.